The highest BCUT2D eigenvalue weighted by molar-refractivity contribution is 6.31. The van der Waals surface area contributed by atoms with Gasteiger partial charge in [-0.05, 0) is 67.9 Å². The molecule has 0 saturated carbocycles. The SMILES string of the molecule is Cc1nc2ccc(Cl)cc2cc1C(=O)Nc1cccc(NC(=O)c2ccccc2)c1C. The van der Waals surface area contributed by atoms with Crippen molar-refractivity contribution in [3.05, 3.63) is 100 Å². The van der Waals surface area contributed by atoms with E-state index in [-0.39, 0.29) is 11.8 Å². The summed E-state index contributed by atoms with van der Waals surface area (Å²) in [5, 5.41) is 7.22. The summed E-state index contributed by atoms with van der Waals surface area (Å²) in [6, 6.07) is 21.5. The van der Waals surface area contributed by atoms with E-state index in [1.807, 2.05) is 31.2 Å². The van der Waals surface area contributed by atoms with Gasteiger partial charge in [0, 0.05) is 27.3 Å². The molecular weight excluding hydrogens is 410 g/mol. The number of carbonyl (C=O) groups excluding carboxylic acids is 2. The molecule has 0 spiro atoms. The van der Waals surface area contributed by atoms with Crippen LogP contribution >= 0.6 is 11.6 Å². The number of rotatable bonds is 4. The van der Waals surface area contributed by atoms with Crippen molar-refractivity contribution in [2.24, 2.45) is 0 Å². The first kappa shape index (κ1) is 20.6. The van der Waals surface area contributed by atoms with E-state index in [9.17, 15) is 9.59 Å². The van der Waals surface area contributed by atoms with Gasteiger partial charge in [-0.2, -0.15) is 0 Å². The minimum atomic E-state index is -0.276. The maximum atomic E-state index is 13.0. The third-order valence-corrected chi connectivity index (χ3v) is 5.31. The molecule has 5 nitrogen and oxygen atoms in total. The van der Waals surface area contributed by atoms with Gasteiger partial charge in [-0.15, -0.1) is 0 Å². The smallest absolute Gasteiger partial charge is 0.257 e. The Bertz CT molecular complexity index is 1300. The van der Waals surface area contributed by atoms with Gasteiger partial charge in [-0.3, -0.25) is 14.6 Å². The van der Waals surface area contributed by atoms with Gasteiger partial charge in [0.05, 0.1) is 16.8 Å². The largest absolute Gasteiger partial charge is 0.322 e. The van der Waals surface area contributed by atoms with E-state index in [1.54, 1.807) is 55.5 Å². The van der Waals surface area contributed by atoms with Crippen LogP contribution in [0.4, 0.5) is 11.4 Å². The molecule has 1 aromatic heterocycles. The molecular formula is C25H20ClN3O2. The van der Waals surface area contributed by atoms with E-state index in [2.05, 4.69) is 15.6 Å². The molecule has 0 aliphatic rings. The van der Waals surface area contributed by atoms with Crippen LogP contribution in [0.2, 0.25) is 5.02 Å². The normalized spacial score (nSPS) is 10.7. The molecule has 3 aromatic carbocycles. The standard InChI is InChI=1S/C25H20ClN3O2/c1-15-21(28-24(30)17-7-4-3-5-8-17)9-6-10-22(15)29-25(31)20-14-18-13-19(26)11-12-23(18)27-16(20)2/h3-14H,1-2H3,(H,28,30)(H,29,31). The highest BCUT2D eigenvalue weighted by atomic mass is 35.5. The Morgan fingerprint density at radius 1 is 0.806 bits per heavy atom. The fraction of sp³-hybridized carbons (Fsp3) is 0.0800. The van der Waals surface area contributed by atoms with Crippen LogP contribution in [0.15, 0.2) is 72.8 Å². The summed E-state index contributed by atoms with van der Waals surface area (Å²) in [6.07, 6.45) is 0. The quantitative estimate of drug-likeness (QED) is 0.417. The number of aromatic nitrogens is 1. The maximum absolute atomic E-state index is 13.0. The van der Waals surface area contributed by atoms with Gasteiger partial charge < -0.3 is 10.6 Å². The number of nitrogens with zero attached hydrogens (tertiary/aromatic N) is 1. The lowest BCUT2D eigenvalue weighted by Crippen LogP contribution is -2.17. The Morgan fingerprint density at radius 2 is 1.48 bits per heavy atom. The zero-order valence-electron chi connectivity index (χ0n) is 17.1. The molecule has 0 atom stereocenters. The average Bonchev–Trinajstić information content (AvgIpc) is 2.76. The topological polar surface area (TPSA) is 71.1 Å². The summed E-state index contributed by atoms with van der Waals surface area (Å²) >= 11 is 6.08. The number of hydrogen-bond acceptors (Lipinski definition) is 3. The number of fused-ring (bicyclic) bond motifs is 1. The number of pyridine rings is 1. The fourth-order valence-corrected chi connectivity index (χ4v) is 3.53. The van der Waals surface area contributed by atoms with Crippen LogP contribution in [0.5, 0.6) is 0 Å². The van der Waals surface area contributed by atoms with E-state index in [0.29, 0.717) is 33.2 Å². The van der Waals surface area contributed by atoms with E-state index < -0.39 is 0 Å². The lowest BCUT2D eigenvalue weighted by atomic mass is 10.1. The van der Waals surface area contributed by atoms with Crippen LogP contribution in [0, 0.1) is 13.8 Å². The molecule has 6 heteroatoms. The first-order valence-corrected chi connectivity index (χ1v) is 10.1. The number of carbonyl (C=O) groups is 2. The molecule has 0 aliphatic heterocycles. The third-order valence-electron chi connectivity index (χ3n) is 5.08. The number of anilines is 2. The molecule has 0 fully saturated rings. The third kappa shape index (κ3) is 4.42. The van der Waals surface area contributed by atoms with Crippen molar-refractivity contribution < 1.29 is 9.59 Å². The van der Waals surface area contributed by atoms with E-state index >= 15 is 0 Å². The van der Waals surface area contributed by atoms with Crippen molar-refractivity contribution in [2.75, 3.05) is 10.6 Å². The molecule has 31 heavy (non-hydrogen) atoms. The predicted octanol–water partition coefficient (Wildman–Crippen LogP) is 6.01. The Balaban J connectivity index is 1.59. The van der Waals surface area contributed by atoms with Gasteiger partial charge in [0.1, 0.15) is 0 Å². The molecule has 2 N–H and O–H groups in total. The van der Waals surface area contributed by atoms with Crippen LogP contribution in [0.25, 0.3) is 10.9 Å². The number of hydrogen-bond donors (Lipinski definition) is 2. The summed E-state index contributed by atoms with van der Waals surface area (Å²) in [6.45, 7) is 3.65. The van der Waals surface area contributed by atoms with Gasteiger partial charge in [-0.1, -0.05) is 35.9 Å². The summed E-state index contributed by atoms with van der Waals surface area (Å²) in [7, 11) is 0. The number of aryl methyl sites for hydroxylation is 1. The summed E-state index contributed by atoms with van der Waals surface area (Å²) in [5.41, 5.74) is 4.43. The summed E-state index contributed by atoms with van der Waals surface area (Å²) in [5.74, 6) is -0.486. The van der Waals surface area contributed by atoms with Crippen LogP contribution in [-0.2, 0) is 0 Å². The average molecular weight is 430 g/mol. The Labute approximate surface area is 185 Å². The minimum Gasteiger partial charge on any atom is -0.322 e. The van der Waals surface area contributed by atoms with Gasteiger partial charge in [0.15, 0.2) is 0 Å². The molecule has 0 unspecified atom stereocenters. The molecule has 0 radical (unpaired) electrons. The molecule has 0 saturated heterocycles. The second-order valence-corrected chi connectivity index (χ2v) is 7.65. The van der Waals surface area contributed by atoms with Crippen LogP contribution in [0.3, 0.4) is 0 Å². The maximum Gasteiger partial charge on any atom is 0.257 e. The molecule has 154 valence electrons. The van der Waals surface area contributed by atoms with Gasteiger partial charge in [0.2, 0.25) is 0 Å². The first-order valence-electron chi connectivity index (χ1n) is 9.76. The lowest BCUT2D eigenvalue weighted by Gasteiger charge is -2.14. The van der Waals surface area contributed by atoms with Crippen LogP contribution in [-0.4, -0.2) is 16.8 Å². The Morgan fingerprint density at radius 3 is 2.19 bits per heavy atom. The van der Waals surface area contributed by atoms with Gasteiger partial charge >= 0.3 is 0 Å². The van der Waals surface area contributed by atoms with Crippen molar-refractivity contribution in [3.63, 3.8) is 0 Å². The van der Waals surface area contributed by atoms with E-state index in [4.69, 9.17) is 11.6 Å². The first-order chi connectivity index (χ1) is 14.9. The zero-order valence-corrected chi connectivity index (χ0v) is 17.8. The Kier molecular flexibility index (Phi) is 5.69. The van der Waals surface area contributed by atoms with E-state index in [1.165, 1.54) is 0 Å². The lowest BCUT2D eigenvalue weighted by molar-refractivity contribution is 0.101. The molecule has 1 heterocycles. The zero-order chi connectivity index (χ0) is 22.0. The molecule has 4 aromatic rings. The highest BCUT2D eigenvalue weighted by Crippen LogP contribution is 2.26. The van der Waals surface area contributed by atoms with Crippen molar-refractivity contribution in [1.82, 2.24) is 4.98 Å². The van der Waals surface area contributed by atoms with Crippen molar-refractivity contribution >= 4 is 45.7 Å². The predicted molar refractivity (Wildman–Crippen MR) is 125 cm³/mol. The Hall–Kier alpha value is -3.70. The van der Waals surface area contributed by atoms with Crippen molar-refractivity contribution in [3.8, 4) is 0 Å². The van der Waals surface area contributed by atoms with Crippen LogP contribution in [0.1, 0.15) is 32.0 Å². The fourth-order valence-electron chi connectivity index (χ4n) is 3.35. The van der Waals surface area contributed by atoms with E-state index in [0.717, 1.165) is 16.5 Å². The second-order valence-electron chi connectivity index (χ2n) is 7.21. The number of nitrogens with one attached hydrogen (secondary N) is 2. The summed E-state index contributed by atoms with van der Waals surface area (Å²) < 4.78 is 0. The minimum absolute atomic E-state index is 0.210. The highest BCUT2D eigenvalue weighted by Gasteiger charge is 2.15. The van der Waals surface area contributed by atoms with Gasteiger partial charge in [-0.25, -0.2) is 0 Å². The number of benzene rings is 3. The van der Waals surface area contributed by atoms with Crippen LogP contribution < -0.4 is 10.6 Å². The molecule has 0 aliphatic carbocycles. The monoisotopic (exact) mass is 429 g/mol. The molecule has 4 rings (SSSR count). The molecule has 0 bridgehead atoms. The molecule has 2 amide bonds. The number of halogens is 1. The second kappa shape index (κ2) is 8.58. The number of amides is 2. The summed E-state index contributed by atoms with van der Waals surface area (Å²) in [4.78, 5) is 30.0. The van der Waals surface area contributed by atoms with Crippen molar-refractivity contribution in [1.29, 1.82) is 0 Å². The van der Waals surface area contributed by atoms with Gasteiger partial charge in [0.25, 0.3) is 11.8 Å². The van der Waals surface area contributed by atoms with Crippen molar-refractivity contribution in [2.45, 2.75) is 13.8 Å².